The van der Waals surface area contributed by atoms with Gasteiger partial charge in [-0.1, -0.05) is 84.8 Å². The van der Waals surface area contributed by atoms with Gasteiger partial charge in [-0.15, -0.1) is 6.42 Å². The van der Waals surface area contributed by atoms with Gasteiger partial charge in [0.2, 0.25) is 0 Å². The lowest BCUT2D eigenvalue weighted by atomic mass is 9.92. The number of hydrogen-bond donors (Lipinski definition) is 0. The zero-order valence-corrected chi connectivity index (χ0v) is 25.6. The Morgan fingerprint density at radius 2 is 1.24 bits per heavy atom. The van der Waals surface area contributed by atoms with Crippen molar-refractivity contribution in [3.8, 4) is 12.3 Å². The van der Waals surface area contributed by atoms with E-state index in [-0.39, 0.29) is 0 Å². The summed E-state index contributed by atoms with van der Waals surface area (Å²) >= 11 is 0. The van der Waals surface area contributed by atoms with Gasteiger partial charge in [0.1, 0.15) is 11.6 Å². The third-order valence-corrected chi connectivity index (χ3v) is 8.20. The van der Waals surface area contributed by atoms with E-state index >= 15 is 0 Å². The van der Waals surface area contributed by atoms with Gasteiger partial charge in [0.25, 0.3) is 0 Å². The van der Waals surface area contributed by atoms with Crippen molar-refractivity contribution in [1.82, 2.24) is 9.97 Å². The van der Waals surface area contributed by atoms with Crippen LogP contribution in [0.5, 0.6) is 0 Å². The average molecular weight is 581 g/mol. The van der Waals surface area contributed by atoms with Crippen LogP contribution in [-0.2, 0) is 0 Å². The highest BCUT2D eigenvalue weighted by Gasteiger charge is 2.22. The van der Waals surface area contributed by atoms with Crippen LogP contribution in [0.4, 0.5) is 28.7 Å². The summed E-state index contributed by atoms with van der Waals surface area (Å²) in [6.45, 7) is 6.08. The molecule has 0 radical (unpaired) electrons. The van der Waals surface area contributed by atoms with Crippen molar-refractivity contribution in [1.29, 1.82) is 0 Å². The molecule has 0 aliphatic carbocycles. The first-order valence-corrected chi connectivity index (χ1v) is 15.1. The molecule has 7 rings (SSSR count). The second kappa shape index (κ2) is 11.6. The highest BCUT2D eigenvalue weighted by molar-refractivity contribution is 6.28. The summed E-state index contributed by atoms with van der Waals surface area (Å²) < 4.78 is 0. The molecule has 7 aromatic rings. The Balaban J connectivity index is 1.52. The monoisotopic (exact) mass is 580 g/mol. The van der Waals surface area contributed by atoms with E-state index in [1.165, 1.54) is 21.5 Å². The maximum absolute atomic E-state index is 6.15. The largest absolute Gasteiger partial charge is 0.294 e. The molecule has 0 N–H and O–H groups in total. The number of rotatable bonds is 7. The number of anilines is 5. The maximum Gasteiger partial charge on any atom is 0.138 e. The van der Waals surface area contributed by atoms with Gasteiger partial charge in [-0.3, -0.25) is 9.80 Å². The summed E-state index contributed by atoms with van der Waals surface area (Å²) in [4.78, 5) is 14.0. The second-order valence-corrected chi connectivity index (χ2v) is 11.2. The normalized spacial score (nSPS) is 11.9. The SMILES string of the molecule is C#C/C(=C\C=C/C)N(c1ccc(C)cn1)c1ccc2ccc3c(N(c4ccccc4)c4ccc(C)cn4)ccc4ccc1c2c43. The van der Waals surface area contributed by atoms with E-state index in [1.807, 2.05) is 56.6 Å². The Hall–Kier alpha value is -5.92. The van der Waals surface area contributed by atoms with E-state index in [0.29, 0.717) is 5.70 Å². The first kappa shape index (κ1) is 27.9. The quantitative estimate of drug-likeness (QED) is 0.107. The van der Waals surface area contributed by atoms with Crippen molar-refractivity contribution >= 4 is 61.0 Å². The summed E-state index contributed by atoms with van der Waals surface area (Å²) in [5.74, 6) is 4.56. The van der Waals surface area contributed by atoms with Crippen LogP contribution < -0.4 is 9.80 Å². The smallest absolute Gasteiger partial charge is 0.138 e. The van der Waals surface area contributed by atoms with Crippen LogP contribution in [-0.4, -0.2) is 9.97 Å². The number of aryl methyl sites for hydroxylation is 2. The summed E-state index contributed by atoms with van der Waals surface area (Å²) in [6.07, 6.45) is 15.9. The van der Waals surface area contributed by atoms with Crippen molar-refractivity contribution in [2.24, 2.45) is 0 Å². The molecule has 0 amide bonds. The first-order chi connectivity index (χ1) is 22.1. The van der Waals surface area contributed by atoms with Crippen LogP contribution in [0, 0.1) is 26.2 Å². The number of nitrogens with zero attached hydrogens (tertiary/aromatic N) is 4. The number of terminal acetylenes is 1. The van der Waals surface area contributed by atoms with E-state index in [0.717, 1.165) is 50.6 Å². The maximum atomic E-state index is 6.15. The van der Waals surface area contributed by atoms with Gasteiger partial charge in [0.15, 0.2) is 0 Å². The third kappa shape index (κ3) is 4.95. The molecule has 5 aromatic carbocycles. The number of hydrogen-bond acceptors (Lipinski definition) is 4. The second-order valence-electron chi connectivity index (χ2n) is 11.2. The van der Waals surface area contributed by atoms with Gasteiger partial charge in [-0.2, -0.15) is 0 Å². The van der Waals surface area contributed by atoms with Gasteiger partial charge in [-0.05, 0) is 95.9 Å². The zero-order chi connectivity index (χ0) is 30.9. The summed E-state index contributed by atoms with van der Waals surface area (Å²) in [5.41, 5.74) is 6.02. The van der Waals surface area contributed by atoms with Crippen LogP contribution in [0.2, 0.25) is 0 Å². The fourth-order valence-corrected chi connectivity index (χ4v) is 6.07. The lowest BCUT2D eigenvalue weighted by Gasteiger charge is -2.28. The number of benzene rings is 5. The Kier molecular flexibility index (Phi) is 7.21. The zero-order valence-electron chi connectivity index (χ0n) is 25.6. The summed E-state index contributed by atoms with van der Waals surface area (Å²) in [5, 5.41) is 6.99. The van der Waals surface area contributed by atoms with Crippen molar-refractivity contribution < 1.29 is 0 Å². The molecule has 0 aliphatic rings. The molecule has 0 saturated heterocycles. The topological polar surface area (TPSA) is 32.3 Å². The fourth-order valence-electron chi connectivity index (χ4n) is 6.07. The van der Waals surface area contributed by atoms with Crippen molar-refractivity contribution in [3.05, 3.63) is 151 Å². The molecule has 0 unspecified atom stereocenters. The van der Waals surface area contributed by atoms with E-state index in [1.54, 1.807) is 0 Å². The van der Waals surface area contributed by atoms with E-state index in [4.69, 9.17) is 16.4 Å². The molecule has 0 spiro atoms. The van der Waals surface area contributed by atoms with Crippen molar-refractivity contribution in [3.63, 3.8) is 0 Å². The fraction of sp³-hybridized carbons (Fsp3) is 0.0732. The Morgan fingerprint density at radius 1 is 0.667 bits per heavy atom. The van der Waals surface area contributed by atoms with Gasteiger partial charge in [0, 0.05) is 28.9 Å². The van der Waals surface area contributed by atoms with E-state index in [9.17, 15) is 0 Å². The molecule has 2 heterocycles. The molecule has 0 atom stereocenters. The number of allylic oxidation sites excluding steroid dienone is 4. The number of pyridine rings is 2. The number of para-hydroxylation sites is 1. The van der Waals surface area contributed by atoms with Crippen LogP contribution in [0.3, 0.4) is 0 Å². The summed E-state index contributed by atoms with van der Waals surface area (Å²) in [6, 6.07) is 36.3. The highest BCUT2D eigenvalue weighted by Crippen LogP contribution is 2.46. The Labute approximate surface area is 263 Å². The van der Waals surface area contributed by atoms with Gasteiger partial charge in [-0.25, -0.2) is 9.97 Å². The minimum Gasteiger partial charge on any atom is -0.294 e. The van der Waals surface area contributed by atoms with Crippen molar-refractivity contribution in [2.45, 2.75) is 20.8 Å². The molecular formula is C41H32N4. The van der Waals surface area contributed by atoms with Crippen LogP contribution >= 0.6 is 0 Å². The van der Waals surface area contributed by atoms with Crippen molar-refractivity contribution in [2.75, 3.05) is 9.80 Å². The lowest BCUT2D eigenvalue weighted by Crippen LogP contribution is -2.17. The molecular weight excluding hydrogens is 548 g/mol. The average Bonchev–Trinajstić information content (AvgIpc) is 3.08. The highest BCUT2D eigenvalue weighted by atomic mass is 15.2. The molecule has 0 saturated carbocycles. The third-order valence-electron chi connectivity index (χ3n) is 8.20. The lowest BCUT2D eigenvalue weighted by molar-refractivity contribution is 1.14. The predicted octanol–water partition coefficient (Wildman–Crippen LogP) is 10.7. The minimum atomic E-state index is 0.709. The standard InChI is InChI=1S/C41H32N4/c1-5-7-11-32(6-2)44(38-24-14-28(3)26-42-38)36-22-18-30-17-21-35-37(23-19-31-16-20-34(36)40(30)41(31)35)45(33-12-9-8-10-13-33)39-25-15-29(4)27-43-39/h2,5,7-27H,1,3-4H3/b7-5-,32-11+. The molecule has 2 aromatic heterocycles. The molecule has 216 valence electrons. The number of aromatic nitrogens is 2. The molecule has 4 heteroatoms. The van der Waals surface area contributed by atoms with Gasteiger partial charge < -0.3 is 0 Å². The van der Waals surface area contributed by atoms with Crippen LogP contribution in [0.25, 0.3) is 32.3 Å². The van der Waals surface area contributed by atoms with Crippen LogP contribution in [0.15, 0.2) is 139 Å². The predicted molar refractivity (Wildman–Crippen MR) is 190 cm³/mol. The van der Waals surface area contributed by atoms with E-state index < -0.39 is 0 Å². The molecule has 0 bridgehead atoms. The molecule has 4 nitrogen and oxygen atoms in total. The van der Waals surface area contributed by atoms with Crippen LogP contribution in [0.1, 0.15) is 18.1 Å². The summed E-state index contributed by atoms with van der Waals surface area (Å²) in [7, 11) is 0. The Morgan fingerprint density at radius 3 is 1.82 bits per heavy atom. The van der Waals surface area contributed by atoms with Gasteiger partial charge in [0.05, 0.1) is 17.1 Å². The molecule has 0 aliphatic heterocycles. The van der Waals surface area contributed by atoms with Gasteiger partial charge >= 0.3 is 0 Å². The van der Waals surface area contributed by atoms with E-state index in [2.05, 4.69) is 114 Å². The Bertz CT molecular complexity index is 2240. The molecule has 45 heavy (non-hydrogen) atoms. The molecule has 0 fully saturated rings. The first-order valence-electron chi connectivity index (χ1n) is 15.1. The minimum absolute atomic E-state index is 0.709.